The van der Waals surface area contributed by atoms with E-state index in [2.05, 4.69) is 4.98 Å². The second-order valence-corrected chi connectivity index (χ2v) is 9.28. The highest BCUT2D eigenvalue weighted by Crippen LogP contribution is 2.26. The Morgan fingerprint density at radius 2 is 1.90 bits per heavy atom. The van der Waals surface area contributed by atoms with Crippen molar-refractivity contribution in [3.63, 3.8) is 0 Å². The third kappa shape index (κ3) is 4.17. The summed E-state index contributed by atoms with van der Waals surface area (Å²) in [5.41, 5.74) is 1.66. The van der Waals surface area contributed by atoms with Gasteiger partial charge in [0.15, 0.2) is 0 Å². The fourth-order valence-corrected chi connectivity index (χ4v) is 5.21. The molecule has 1 amide bonds. The van der Waals surface area contributed by atoms with Crippen molar-refractivity contribution in [2.45, 2.75) is 65.1 Å². The van der Waals surface area contributed by atoms with Gasteiger partial charge in [0.25, 0.3) is 5.56 Å². The maximum atomic E-state index is 13.3. The Morgan fingerprint density at radius 1 is 1.20 bits per heavy atom. The van der Waals surface area contributed by atoms with Crippen molar-refractivity contribution in [3.05, 3.63) is 62.8 Å². The summed E-state index contributed by atoms with van der Waals surface area (Å²) in [7, 11) is 0. The van der Waals surface area contributed by atoms with E-state index in [1.807, 2.05) is 18.7 Å². The Balaban J connectivity index is 1.62. The first-order valence-corrected chi connectivity index (χ1v) is 11.2. The molecule has 4 rings (SSSR count). The fraction of sp³-hybridized carbons (Fsp3) is 0.435. The molecule has 2 aromatic heterocycles. The van der Waals surface area contributed by atoms with Gasteiger partial charge in [0.1, 0.15) is 17.2 Å². The summed E-state index contributed by atoms with van der Waals surface area (Å²) in [5, 5.41) is 0.607. The second-order valence-electron chi connectivity index (χ2n) is 8.08. The minimum atomic E-state index is -0.290. The van der Waals surface area contributed by atoms with Crippen LogP contribution in [0.2, 0.25) is 0 Å². The third-order valence-electron chi connectivity index (χ3n) is 6.06. The number of carbonyl (C=O) groups excluding carboxylic acids is 1. The van der Waals surface area contributed by atoms with Gasteiger partial charge in [-0.25, -0.2) is 9.37 Å². The number of hydrogen-bond acceptors (Lipinski definition) is 4. The first kappa shape index (κ1) is 20.7. The van der Waals surface area contributed by atoms with E-state index in [9.17, 15) is 14.0 Å². The van der Waals surface area contributed by atoms with Crippen molar-refractivity contribution in [1.82, 2.24) is 14.5 Å². The minimum absolute atomic E-state index is 0.0339. The number of thiophene rings is 1. The van der Waals surface area contributed by atoms with Crippen LogP contribution in [0.25, 0.3) is 10.2 Å². The minimum Gasteiger partial charge on any atom is -0.334 e. The number of benzene rings is 1. The van der Waals surface area contributed by atoms with E-state index >= 15 is 0 Å². The van der Waals surface area contributed by atoms with E-state index in [4.69, 9.17) is 0 Å². The van der Waals surface area contributed by atoms with Crippen molar-refractivity contribution in [2.75, 3.05) is 0 Å². The van der Waals surface area contributed by atoms with Crippen molar-refractivity contribution in [1.29, 1.82) is 0 Å². The predicted octanol–water partition coefficient (Wildman–Crippen LogP) is 4.58. The standard InChI is InChI=1S/C23H26FN3O2S/c1-15-16(2)30-22-21(15)23(29)26(14-25-22)13-20(28)27(19-6-4-3-5-7-19)12-17-8-10-18(24)11-9-17/h8-11,14,19H,3-7,12-13H2,1-2H3. The van der Waals surface area contributed by atoms with Crippen LogP contribution < -0.4 is 5.56 Å². The van der Waals surface area contributed by atoms with Crippen LogP contribution in [0.3, 0.4) is 0 Å². The Hall–Kier alpha value is -2.54. The van der Waals surface area contributed by atoms with Crippen LogP contribution in [-0.4, -0.2) is 26.4 Å². The third-order valence-corrected chi connectivity index (χ3v) is 7.18. The number of nitrogens with zero attached hydrogens (tertiary/aromatic N) is 3. The predicted molar refractivity (Wildman–Crippen MR) is 117 cm³/mol. The Morgan fingerprint density at radius 3 is 2.60 bits per heavy atom. The van der Waals surface area contributed by atoms with Gasteiger partial charge >= 0.3 is 0 Å². The molecular formula is C23H26FN3O2S. The first-order chi connectivity index (χ1) is 14.4. The molecule has 5 nitrogen and oxygen atoms in total. The number of rotatable bonds is 5. The van der Waals surface area contributed by atoms with Crippen LogP contribution in [0.5, 0.6) is 0 Å². The molecule has 0 bridgehead atoms. The molecule has 3 aromatic rings. The maximum Gasteiger partial charge on any atom is 0.262 e. The normalized spacial score (nSPS) is 14.9. The van der Waals surface area contributed by atoms with E-state index in [-0.39, 0.29) is 29.9 Å². The molecule has 30 heavy (non-hydrogen) atoms. The largest absolute Gasteiger partial charge is 0.334 e. The maximum absolute atomic E-state index is 13.3. The average molecular weight is 428 g/mol. The lowest BCUT2D eigenvalue weighted by molar-refractivity contribution is -0.135. The van der Waals surface area contributed by atoms with Crippen LogP contribution in [0.15, 0.2) is 35.4 Å². The van der Waals surface area contributed by atoms with E-state index in [0.29, 0.717) is 16.8 Å². The van der Waals surface area contributed by atoms with Crippen molar-refractivity contribution in [2.24, 2.45) is 0 Å². The van der Waals surface area contributed by atoms with Crippen molar-refractivity contribution >= 4 is 27.5 Å². The fourth-order valence-electron chi connectivity index (χ4n) is 4.22. The van der Waals surface area contributed by atoms with Gasteiger partial charge in [-0.2, -0.15) is 0 Å². The molecule has 7 heteroatoms. The summed E-state index contributed by atoms with van der Waals surface area (Å²) >= 11 is 1.50. The van der Waals surface area contributed by atoms with Gasteiger partial charge in [0, 0.05) is 17.5 Å². The quantitative estimate of drug-likeness (QED) is 0.599. The molecule has 0 radical (unpaired) electrons. The van der Waals surface area contributed by atoms with Gasteiger partial charge in [-0.3, -0.25) is 14.2 Å². The molecule has 1 fully saturated rings. The number of halogens is 1. The zero-order valence-corrected chi connectivity index (χ0v) is 18.2. The molecule has 1 saturated carbocycles. The number of fused-ring (bicyclic) bond motifs is 1. The van der Waals surface area contributed by atoms with E-state index in [1.165, 1.54) is 40.8 Å². The van der Waals surface area contributed by atoms with Gasteiger partial charge in [-0.1, -0.05) is 31.4 Å². The molecule has 1 aliphatic carbocycles. The molecule has 0 aliphatic heterocycles. The molecule has 0 saturated heterocycles. The van der Waals surface area contributed by atoms with E-state index < -0.39 is 0 Å². The Kier molecular flexibility index (Phi) is 5.99. The van der Waals surface area contributed by atoms with Gasteiger partial charge < -0.3 is 4.90 Å². The highest BCUT2D eigenvalue weighted by atomic mass is 32.1. The zero-order chi connectivity index (χ0) is 21.3. The Labute approximate surface area is 179 Å². The van der Waals surface area contributed by atoms with E-state index in [0.717, 1.165) is 41.7 Å². The topological polar surface area (TPSA) is 55.2 Å². The van der Waals surface area contributed by atoms with Crippen molar-refractivity contribution in [3.8, 4) is 0 Å². The molecule has 158 valence electrons. The number of amides is 1. The summed E-state index contributed by atoms with van der Waals surface area (Å²) in [4.78, 5) is 34.4. The number of hydrogen-bond donors (Lipinski definition) is 0. The zero-order valence-electron chi connectivity index (χ0n) is 17.4. The lowest BCUT2D eigenvalue weighted by atomic mass is 9.93. The highest BCUT2D eigenvalue weighted by Gasteiger charge is 2.26. The second kappa shape index (κ2) is 8.68. The van der Waals surface area contributed by atoms with Crippen LogP contribution >= 0.6 is 11.3 Å². The first-order valence-electron chi connectivity index (χ1n) is 10.4. The molecule has 0 N–H and O–H groups in total. The summed E-state index contributed by atoms with van der Waals surface area (Å²) in [5.74, 6) is -0.388. The molecule has 1 aliphatic rings. The summed E-state index contributed by atoms with van der Waals surface area (Å²) in [6.07, 6.45) is 6.78. The number of aromatic nitrogens is 2. The van der Waals surface area contributed by atoms with Crippen LogP contribution in [0.1, 0.15) is 48.1 Å². The van der Waals surface area contributed by atoms with Crippen molar-refractivity contribution < 1.29 is 9.18 Å². The van der Waals surface area contributed by atoms with Crippen LogP contribution in [0.4, 0.5) is 4.39 Å². The number of carbonyl (C=O) groups is 1. The van der Waals surface area contributed by atoms with Gasteiger partial charge in [-0.15, -0.1) is 11.3 Å². The van der Waals surface area contributed by atoms with Gasteiger partial charge in [-0.05, 0) is 49.9 Å². The molecule has 2 heterocycles. The Bertz CT molecular complexity index is 1110. The van der Waals surface area contributed by atoms with Crippen LogP contribution in [-0.2, 0) is 17.9 Å². The molecule has 1 aromatic carbocycles. The van der Waals surface area contributed by atoms with Gasteiger partial charge in [0.05, 0.1) is 11.7 Å². The molecular weight excluding hydrogens is 401 g/mol. The molecule has 0 unspecified atom stereocenters. The summed E-state index contributed by atoms with van der Waals surface area (Å²) < 4.78 is 14.7. The average Bonchev–Trinajstić information content (AvgIpc) is 3.04. The lowest BCUT2D eigenvalue weighted by Crippen LogP contribution is -2.43. The number of aryl methyl sites for hydroxylation is 2. The smallest absolute Gasteiger partial charge is 0.262 e. The van der Waals surface area contributed by atoms with E-state index in [1.54, 1.807) is 12.1 Å². The molecule has 0 atom stereocenters. The lowest BCUT2D eigenvalue weighted by Gasteiger charge is -2.34. The monoisotopic (exact) mass is 427 g/mol. The highest BCUT2D eigenvalue weighted by molar-refractivity contribution is 7.18. The summed E-state index contributed by atoms with van der Waals surface area (Å²) in [6.45, 7) is 4.29. The summed E-state index contributed by atoms with van der Waals surface area (Å²) in [6, 6.07) is 6.42. The molecule has 0 spiro atoms. The SMILES string of the molecule is Cc1sc2ncn(CC(=O)N(Cc3ccc(F)cc3)C3CCCCC3)c(=O)c2c1C. The van der Waals surface area contributed by atoms with Gasteiger partial charge in [0.2, 0.25) is 5.91 Å². The van der Waals surface area contributed by atoms with Crippen LogP contribution in [0, 0.1) is 19.7 Å².